The minimum Gasteiger partial charge on any atom is -0.444 e. The van der Waals surface area contributed by atoms with E-state index in [0.29, 0.717) is 53.0 Å². The number of carbonyl (C=O) groups excluding carboxylic acids is 1. The van der Waals surface area contributed by atoms with Gasteiger partial charge in [-0.3, -0.25) is 0 Å². The van der Waals surface area contributed by atoms with Crippen LogP contribution in [0, 0.1) is 5.95 Å². The van der Waals surface area contributed by atoms with Crippen LogP contribution in [0.5, 0.6) is 0 Å². The summed E-state index contributed by atoms with van der Waals surface area (Å²) in [5, 5.41) is 0.455. The molecule has 3 heterocycles. The van der Waals surface area contributed by atoms with Crippen molar-refractivity contribution in [2.75, 3.05) is 24.5 Å². The minimum absolute atomic E-state index is 0.0412. The number of benzene rings is 1. The van der Waals surface area contributed by atoms with E-state index in [-0.39, 0.29) is 12.1 Å². The molecule has 4 rings (SSSR count). The maximum Gasteiger partial charge on any atom is 0.410 e. The van der Waals surface area contributed by atoms with Crippen molar-refractivity contribution in [3.8, 4) is 11.3 Å². The number of nitrogens with zero attached hydrogens (tertiary/aromatic N) is 4. The topological polar surface area (TPSA) is 71.7 Å². The SMILES string of the molecule is C[C@H]1CN(C(=O)OC(C)(C)C)CCN1c1nc2cc(Cl)cc(-c3cccc(F)n3)c2o1. The van der Waals surface area contributed by atoms with Gasteiger partial charge in [0, 0.05) is 36.3 Å². The van der Waals surface area contributed by atoms with Gasteiger partial charge in [0.1, 0.15) is 11.1 Å². The maximum atomic E-state index is 13.7. The van der Waals surface area contributed by atoms with Gasteiger partial charge in [0.15, 0.2) is 5.58 Å². The predicted octanol–water partition coefficient (Wildman–Crippen LogP) is 5.13. The van der Waals surface area contributed by atoms with Gasteiger partial charge in [-0.05, 0) is 52.0 Å². The fraction of sp³-hybridized carbons (Fsp3) is 0.409. The van der Waals surface area contributed by atoms with Crippen molar-refractivity contribution in [2.24, 2.45) is 0 Å². The molecular weight excluding hydrogens is 423 g/mol. The van der Waals surface area contributed by atoms with Crippen molar-refractivity contribution in [3.05, 3.63) is 41.3 Å². The normalized spacial score (nSPS) is 17.3. The Morgan fingerprint density at radius 1 is 1.26 bits per heavy atom. The van der Waals surface area contributed by atoms with Gasteiger partial charge >= 0.3 is 6.09 Å². The van der Waals surface area contributed by atoms with Gasteiger partial charge in [0.2, 0.25) is 5.95 Å². The van der Waals surface area contributed by atoms with Crippen LogP contribution in [0.2, 0.25) is 5.02 Å². The number of hydrogen-bond donors (Lipinski definition) is 0. The van der Waals surface area contributed by atoms with Gasteiger partial charge in [-0.1, -0.05) is 17.7 Å². The molecule has 1 aromatic carbocycles. The van der Waals surface area contributed by atoms with E-state index in [4.69, 9.17) is 20.8 Å². The molecule has 0 saturated carbocycles. The Bertz CT molecular complexity index is 1130. The second-order valence-corrected chi connectivity index (χ2v) is 9.05. The number of ether oxygens (including phenoxy) is 1. The Kier molecular flexibility index (Phi) is 5.51. The Morgan fingerprint density at radius 2 is 2.03 bits per heavy atom. The molecule has 3 aromatic rings. The first-order valence-electron chi connectivity index (χ1n) is 10.1. The number of amides is 1. The number of carbonyl (C=O) groups is 1. The van der Waals surface area contributed by atoms with Gasteiger partial charge in [-0.25, -0.2) is 9.78 Å². The molecule has 0 unspecified atom stereocenters. The zero-order valence-corrected chi connectivity index (χ0v) is 18.6. The van der Waals surface area contributed by atoms with E-state index in [1.54, 1.807) is 29.2 Å². The molecule has 1 fully saturated rings. The standard InChI is InChI=1S/C22H24ClFN4O3/c1-13-12-27(21(29)31-22(2,3)4)8-9-28(13)20-26-17-11-14(23)10-15(19(17)30-20)16-6-5-7-18(24)25-16/h5-7,10-11,13H,8-9,12H2,1-4H3/t13-/m0/s1. The molecule has 0 aliphatic carbocycles. The van der Waals surface area contributed by atoms with Gasteiger partial charge in [-0.15, -0.1) is 0 Å². The van der Waals surface area contributed by atoms with Crippen LogP contribution in [-0.4, -0.2) is 52.2 Å². The zero-order chi connectivity index (χ0) is 22.3. The molecule has 1 amide bonds. The van der Waals surface area contributed by atoms with Gasteiger partial charge in [0.25, 0.3) is 6.01 Å². The average Bonchev–Trinajstić information content (AvgIpc) is 3.09. The molecule has 0 radical (unpaired) electrons. The van der Waals surface area contributed by atoms with E-state index in [1.807, 2.05) is 32.6 Å². The lowest BCUT2D eigenvalue weighted by molar-refractivity contribution is 0.0216. The number of oxazole rings is 1. The fourth-order valence-corrected chi connectivity index (χ4v) is 3.80. The summed E-state index contributed by atoms with van der Waals surface area (Å²) in [6.45, 7) is 9.03. The lowest BCUT2D eigenvalue weighted by Crippen LogP contribution is -2.54. The van der Waals surface area contributed by atoms with Crippen LogP contribution in [0.25, 0.3) is 22.4 Å². The molecule has 0 bridgehead atoms. The number of piperazine rings is 1. The number of rotatable bonds is 2. The molecule has 1 saturated heterocycles. The second-order valence-electron chi connectivity index (χ2n) is 8.61. The summed E-state index contributed by atoms with van der Waals surface area (Å²) in [4.78, 5) is 24.6. The number of hydrogen-bond acceptors (Lipinski definition) is 6. The second kappa shape index (κ2) is 8.00. The first kappa shape index (κ1) is 21.4. The molecular formula is C22H24ClFN4O3. The van der Waals surface area contributed by atoms with Crippen molar-refractivity contribution < 1.29 is 18.3 Å². The van der Waals surface area contributed by atoms with Crippen LogP contribution in [0.3, 0.4) is 0 Å². The molecule has 7 nitrogen and oxygen atoms in total. The number of pyridine rings is 1. The first-order valence-corrected chi connectivity index (χ1v) is 10.5. The Morgan fingerprint density at radius 3 is 2.71 bits per heavy atom. The summed E-state index contributed by atoms with van der Waals surface area (Å²) in [5.74, 6) is -0.586. The van der Waals surface area contributed by atoms with Crippen LogP contribution < -0.4 is 4.90 Å². The quantitative estimate of drug-likeness (QED) is 0.508. The third-order valence-corrected chi connectivity index (χ3v) is 5.18. The average molecular weight is 447 g/mol. The summed E-state index contributed by atoms with van der Waals surface area (Å²) in [5.41, 5.74) is 1.49. The summed E-state index contributed by atoms with van der Waals surface area (Å²) in [6, 6.07) is 8.33. The summed E-state index contributed by atoms with van der Waals surface area (Å²) >= 11 is 6.27. The fourth-order valence-electron chi connectivity index (χ4n) is 3.59. The highest BCUT2D eigenvalue weighted by atomic mass is 35.5. The highest BCUT2D eigenvalue weighted by Crippen LogP contribution is 2.34. The van der Waals surface area contributed by atoms with Gasteiger partial charge in [-0.2, -0.15) is 9.37 Å². The number of fused-ring (bicyclic) bond motifs is 1. The monoisotopic (exact) mass is 446 g/mol. The highest BCUT2D eigenvalue weighted by Gasteiger charge is 2.32. The lowest BCUT2D eigenvalue weighted by atomic mass is 10.1. The van der Waals surface area contributed by atoms with E-state index in [2.05, 4.69) is 9.97 Å². The molecule has 1 aliphatic rings. The summed E-state index contributed by atoms with van der Waals surface area (Å²) in [6.07, 6.45) is -0.331. The van der Waals surface area contributed by atoms with Crippen LogP contribution in [0.15, 0.2) is 34.7 Å². The third kappa shape index (κ3) is 4.58. The molecule has 2 aromatic heterocycles. The Balaban J connectivity index is 1.61. The predicted molar refractivity (Wildman–Crippen MR) is 117 cm³/mol. The summed E-state index contributed by atoms with van der Waals surface area (Å²) < 4.78 is 25.2. The number of halogens is 2. The van der Waals surface area contributed by atoms with E-state index < -0.39 is 11.5 Å². The highest BCUT2D eigenvalue weighted by molar-refractivity contribution is 6.31. The van der Waals surface area contributed by atoms with Crippen molar-refractivity contribution in [1.29, 1.82) is 0 Å². The Hall–Kier alpha value is -2.87. The van der Waals surface area contributed by atoms with Gasteiger partial charge in [0.05, 0.1) is 5.69 Å². The molecule has 0 N–H and O–H groups in total. The molecule has 0 spiro atoms. The minimum atomic E-state index is -0.586. The van der Waals surface area contributed by atoms with Crippen LogP contribution >= 0.6 is 11.6 Å². The maximum absolute atomic E-state index is 13.7. The third-order valence-electron chi connectivity index (χ3n) is 4.96. The number of anilines is 1. The smallest absolute Gasteiger partial charge is 0.410 e. The summed E-state index contributed by atoms with van der Waals surface area (Å²) in [7, 11) is 0. The van der Waals surface area contributed by atoms with Crippen molar-refractivity contribution in [3.63, 3.8) is 0 Å². The molecule has 1 atom stereocenters. The largest absolute Gasteiger partial charge is 0.444 e. The Labute approximate surface area is 184 Å². The lowest BCUT2D eigenvalue weighted by Gasteiger charge is -2.39. The zero-order valence-electron chi connectivity index (χ0n) is 17.9. The van der Waals surface area contributed by atoms with Crippen molar-refractivity contribution in [1.82, 2.24) is 14.9 Å². The van der Waals surface area contributed by atoms with E-state index in [9.17, 15) is 9.18 Å². The van der Waals surface area contributed by atoms with Crippen molar-refractivity contribution >= 4 is 34.8 Å². The molecule has 164 valence electrons. The van der Waals surface area contributed by atoms with E-state index >= 15 is 0 Å². The van der Waals surface area contributed by atoms with Crippen LogP contribution in [0.1, 0.15) is 27.7 Å². The molecule has 1 aliphatic heterocycles. The van der Waals surface area contributed by atoms with Gasteiger partial charge < -0.3 is 19.0 Å². The molecule has 31 heavy (non-hydrogen) atoms. The molecule has 9 heteroatoms. The first-order chi connectivity index (χ1) is 14.6. The van der Waals surface area contributed by atoms with Crippen molar-refractivity contribution in [2.45, 2.75) is 39.3 Å². The van der Waals surface area contributed by atoms with E-state index in [1.165, 1.54) is 6.07 Å². The number of aromatic nitrogens is 2. The van der Waals surface area contributed by atoms with E-state index in [0.717, 1.165) is 0 Å². The van der Waals surface area contributed by atoms with Crippen LogP contribution in [0.4, 0.5) is 15.2 Å². The van der Waals surface area contributed by atoms with Crippen LogP contribution in [-0.2, 0) is 4.74 Å².